The summed E-state index contributed by atoms with van der Waals surface area (Å²) in [7, 11) is 0. The second-order valence-corrected chi connectivity index (χ2v) is 6.51. The van der Waals surface area contributed by atoms with Crippen molar-refractivity contribution in [1.29, 1.82) is 0 Å². The van der Waals surface area contributed by atoms with Gasteiger partial charge in [-0.3, -0.25) is 9.59 Å². The number of aliphatic carboxylic acids is 2. The molecule has 0 spiro atoms. The Bertz CT molecular complexity index is 697. The van der Waals surface area contributed by atoms with Crippen LogP contribution in [-0.4, -0.2) is 22.2 Å². The molecular formula is C18H17ClNO4+. The molecule has 3 rings (SSSR count). The van der Waals surface area contributed by atoms with E-state index >= 15 is 0 Å². The first kappa shape index (κ1) is 16.5. The number of quaternary nitrogens is 1. The topological polar surface area (TPSA) is 102 Å². The van der Waals surface area contributed by atoms with Gasteiger partial charge in [-0.1, -0.05) is 35.9 Å². The standard InChI is InChI=1S/C18H16ClNO4/c19-11-5-1-9(2-6-11)13-15(17(21)22)14(16(13)18(23)24)10-3-7-12(20)8-4-10/h1-8,13-16H,20H2,(H,21,22)(H,23,24)/p+1. The lowest BCUT2D eigenvalue weighted by Gasteiger charge is -2.48. The third kappa shape index (κ3) is 2.77. The second-order valence-electron chi connectivity index (χ2n) is 6.07. The van der Waals surface area contributed by atoms with Crippen LogP contribution in [0.3, 0.4) is 0 Å². The Balaban J connectivity index is 2.03. The molecule has 0 heterocycles. The van der Waals surface area contributed by atoms with Crippen LogP contribution in [0.4, 0.5) is 5.69 Å². The highest BCUT2D eigenvalue weighted by Crippen LogP contribution is 2.57. The Morgan fingerprint density at radius 2 is 1.17 bits per heavy atom. The van der Waals surface area contributed by atoms with Gasteiger partial charge in [0.25, 0.3) is 0 Å². The molecule has 2 atom stereocenters. The summed E-state index contributed by atoms with van der Waals surface area (Å²) in [6, 6.07) is 13.8. The number of hydrogen-bond donors (Lipinski definition) is 3. The second kappa shape index (κ2) is 6.26. The molecule has 0 aromatic heterocycles. The summed E-state index contributed by atoms with van der Waals surface area (Å²) in [5.74, 6) is -4.71. The zero-order valence-electron chi connectivity index (χ0n) is 12.7. The van der Waals surface area contributed by atoms with Crippen molar-refractivity contribution in [1.82, 2.24) is 0 Å². The summed E-state index contributed by atoms with van der Waals surface area (Å²) in [6.45, 7) is 0. The largest absolute Gasteiger partial charge is 0.481 e. The van der Waals surface area contributed by atoms with Crippen LogP contribution in [0.1, 0.15) is 23.0 Å². The maximum Gasteiger partial charge on any atom is 0.307 e. The van der Waals surface area contributed by atoms with Crippen molar-refractivity contribution >= 4 is 29.2 Å². The van der Waals surface area contributed by atoms with E-state index in [2.05, 4.69) is 5.73 Å². The van der Waals surface area contributed by atoms with Crippen LogP contribution >= 0.6 is 11.6 Å². The number of hydrogen-bond acceptors (Lipinski definition) is 2. The van der Waals surface area contributed by atoms with E-state index in [0.29, 0.717) is 16.1 Å². The number of carbonyl (C=O) groups is 2. The SMILES string of the molecule is [NH3+]c1ccc(C2C(C(=O)O)C(c3ccc(Cl)cc3)C2C(=O)O)cc1. The van der Waals surface area contributed by atoms with Crippen molar-refractivity contribution in [2.45, 2.75) is 11.8 Å². The molecule has 1 fully saturated rings. The molecule has 5 N–H and O–H groups in total. The van der Waals surface area contributed by atoms with E-state index in [1.165, 1.54) is 0 Å². The van der Waals surface area contributed by atoms with E-state index in [1.54, 1.807) is 48.5 Å². The lowest BCUT2D eigenvalue weighted by molar-refractivity contribution is -0.254. The highest BCUT2D eigenvalue weighted by Gasteiger charge is 2.58. The zero-order chi connectivity index (χ0) is 17.4. The average molecular weight is 347 g/mol. The van der Waals surface area contributed by atoms with Crippen LogP contribution < -0.4 is 5.73 Å². The molecule has 2 aromatic rings. The Morgan fingerprint density at radius 1 is 0.792 bits per heavy atom. The van der Waals surface area contributed by atoms with Crippen molar-refractivity contribution in [3.8, 4) is 0 Å². The van der Waals surface area contributed by atoms with E-state index in [1.807, 2.05) is 0 Å². The van der Waals surface area contributed by atoms with Gasteiger partial charge in [0.05, 0.1) is 11.8 Å². The van der Waals surface area contributed by atoms with Gasteiger partial charge in [0, 0.05) is 16.9 Å². The first-order valence-electron chi connectivity index (χ1n) is 7.53. The molecule has 2 aromatic carbocycles. The third-order valence-electron chi connectivity index (χ3n) is 4.74. The molecule has 24 heavy (non-hydrogen) atoms. The molecule has 0 aliphatic heterocycles. The number of benzene rings is 2. The van der Waals surface area contributed by atoms with Gasteiger partial charge in [0.15, 0.2) is 0 Å². The smallest absolute Gasteiger partial charge is 0.307 e. The molecule has 1 aliphatic rings. The summed E-state index contributed by atoms with van der Waals surface area (Å²) in [4.78, 5) is 23.6. The van der Waals surface area contributed by atoms with E-state index in [0.717, 1.165) is 5.69 Å². The van der Waals surface area contributed by atoms with Crippen LogP contribution in [-0.2, 0) is 9.59 Å². The molecule has 1 aliphatic carbocycles. The molecule has 1 saturated carbocycles. The van der Waals surface area contributed by atoms with E-state index in [4.69, 9.17) is 11.6 Å². The molecule has 0 bridgehead atoms. The molecule has 5 nitrogen and oxygen atoms in total. The van der Waals surface area contributed by atoms with E-state index < -0.39 is 35.6 Å². The highest BCUT2D eigenvalue weighted by atomic mass is 35.5. The highest BCUT2D eigenvalue weighted by molar-refractivity contribution is 6.30. The van der Waals surface area contributed by atoms with Gasteiger partial charge in [-0.15, -0.1) is 0 Å². The van der Waals surface area contributed by atoms with Crippen molar-refractivity contribution < 1.29 is 25.5 Å². The number of halogens is 1. The van der Waals surface area contributed by atoms with Crippen molar-refractivity contribution in [3.05, 3.63) is 64.7 Å². The lowest BCUT2D eigenvalue weighted by Crippen LogP contribution is -2.51. The van der Waals surface area contributed by atoms with E-state index in [-0.39, 0.29) is 0 Å². The maximum atomic E-state index is 11.8. The van der Waals surface area contributed by atoms with Crippen LogP contribution in [0.25, 0.3) is 0 Å². The van der Waals surface area contributed by atoms with Gasteiger partial charge in [-0.05, 0) is 35.4 Å². The van der Waals surface area contributed by atoms with Crippen LogP contribution in [0.5, 0.6) is 0 Å². The Labute approximate surface area is 143 Å². The molecule has 0 amide bonds. The van der Waals surface area contributed by atoms with Gasteiger partial charge in [-0.25, -0.2) is 0 Å². The predicted octanol–water partition coefficient (Wildman–Crippen LogP) is 2.50. The zero-order valence-corrected chi connectivity index (χ0v) is 13.5. The molecule has 0 saturated heterocycles. The van der Waals surface area contributed by atoms with Gasteiger partial charge >= 0.3 is 11.9 Å². The Hall–Kier alpha value is -2.37. The summed E-state index contributed by atoms with van der Waals surface area (Å²) in [6.07, 6.45) is 0. The minimum atomic E-state index is -0.990. The average Bonchev–Trinajstić information content (AvgIpc) is 2.49. The quantitative estimate of drug-likeness (QED) is 0.791. The van der Waals surface area contributed by atoms with E-state index in [9.17, 15) is 19.8 Å². The van der Waals surface area contributed by atoms with Crippen molar-refractivity contribution in [2.75, 3.05) is 0 Å². The normalized spacial score (nSPS) is 25.8. The predicted molar refractivity (Wildman–Crippen MR) is 88.2 cm³/mol. The van der Waals surface area contributed by atoms with Crippen LogP contribution in [0.2, 0.25) is 5.02 Å². The summed E-state index contributed by atoms with van der Waals surface area (Å²) < 4.78 is 0. The summed E-state index contributed by atoms with van der Waals surface area (Å²) in [5, 5.41) is 19.9. The molecule has 124 valence electrons. The number of carboxylic acid groups (broad SMARTS) is 2. The van der Waals surface area contributed by atoms with Gasteiger partial charge < -0.3 is 15.9 Å². The first-order valence-corrected chi connectivity index (χ1v) is 7.91. The minimum Gasteiger partial charge on any atom is -0.481 e. The number of carboxylic acids is 2. The summed E-state index contributed by atoms with van der Waals surface area (Å²) >= 11 is 5.88. The van der Waals surface area contributed by atoms with Crippen LogP contribution in [0.15, 0.2) is 48.5 Å². The lowest BCUT2D eigenvalue weighted by atomic mass is 9.52. The molecular weight excluding hydrogens is 330 g/mol. The van der Waals surface area contributed by atoms with Crippen molar-refractivity contribution in [2.24, 2.45) is 11.8 Å². The van der Waals surface area contributed by atoms with Gasteiger partial charge in [0.2, 0.25) is 0 Å². The first-order chi connectivity index (χ1) is 11.4. The molecule has 6 heteroatoms. The van der Waals surface area contributed by atoms with Gasteiger partial charge in [0.1, 0.15) is 5.69 Å². The fourth-order valence-corrected chi connectivity index (χ4v) is 3.74. The van der Waals surface area contributed by atoms with Crippen LogP contribution in [0, 0.1) is 11.8 Å². The summed E-state index contributed by atoms with van der Waals surface area (Å²) in [5.41, 5.74) is 6.00. The van der Waals surface area contributed by atoms with Crippen molar-refractivity contribution in [3.63, 3.8) is 0 Å². The fourth-order valence-electron chi connectivity index (χ4n) is 3.62. The fraction of sp³-hybridized carbons (Fsp3) is 0.222. The minimum absolute atomic E-state index is 0.527. The Kier molecular flexibility index (Phi) is 4.30. The third-order valence-corrected chi connectivity index (χ3v) is 4.99. The maximum absolute atomic E-state index is 11.8. The molecule has 0 radical (unpaired) electrons. The Morgan fingerprint density at radius 3 is 1.54 bits per heavy atom. The molecule has 2 unspecified atom stereocenters. The monoisotopic (exact) mass is 346 g/mol. The number of rotatable bonds is 4. The van der Waals surface area contributed by atoms with Gasteiger partial charge in [-0.2, -0.15) is 0 Å².